The Morgan fingerprint density at radius 3 is 2.40 bits per heavy atom. The first kappa shape index (κ1) is 20.0. The average molecular weight is 423 g/mol. The van der Waals surface area contributed by atoms with Gasteiger partial charge in [-0.15, -0.1) is 0 Å². The number of carbonyl (C=O) groups excluding carboxylic acids is 1. The highest BCUT2D eigenvalue weighted by Crippen LogP contribution is 2.33. The summed E-state index contributed by atoms with van der Waals surface area (Å²) in [4.78, 5) is 11.5. The second-order valence-corrected chi connectivity index (χ2v) is 8.91. The Balaban J connectivity index is 1.84. The van der Waals surface area contributed by atoms with Crippen molar-refractivity contribution in [1.29, 1.82) is 0 Å². The molecule has 0 aliphatic rings. The number of benzene rings is 3. The maximum absolute atomic E-state index is 13.5. The number of hydrogen-bond acceptors (Lipinski definition) is 4. The predicted molar refractivity (Wildman–Crippen MR) is 117 cm³/mol. The van der Waals surface area contributed by atoms with Crippen molar-refractivity contribution in [3.63, 3.8) is 0 Å². The average Bonchev–Trinajstić information content (AvgIpc) is 3.08. The smallest absolute Gasteiger partial charge is 0.406 e. The van der Waals surface area contributed by atoms with E-state index < -0.39 is 16.1 Å². The zero-order valence-corrected chi connectivity index (χ0v) is 17.6. The van der Waals surface area contributed by atoms with Crippen LogP contribution in [0.5, 0.6) is 0 Å². The van der Waals surface area contributed by atoms with Crippen LogP contribution in [0.4, 0.5) is 4.79 Å². The molecule has 0 saturated heterocycles. The summed E-state index contributed by atoms with van der Waals surface area (Å²) in [6, 6.07) is 20.1. The van der Waals surface area contributed by atoms with Crippen molar-refractivity contribution in [2.75, 3.05) is 13.7 Å². The van der Waals surface area contributed by atoms with E-state index in [4.69, 9.17) is 0 Å². The number of aromatic nitrogens is 1. The number of carbonyl (C=O) groups is 1. The molecule has 3 aromatic carbocycles. The van der Waals surface area contributed by atoms with Crippen LogP contribution in [-0.4, -0.2) is 32.1 Å². The molecule has 0 radical (unpaired) electrons. The lowest BCUT2D eigenvalue weighted by Crippen LogP contribution is -2.25. The molecule has 4 aromatic rings. The van der Waals surface area contributed by atoms with Gasteiger partial charge in [0.05, 0.1) is 23.0 Å². The Hall–Kier alpha value is -3.32. The Kier molecular flexibility index (Phi) is 5.22. The van der Waals surface area contributed by atoms with Gasteiger partial charge in [0.2, 0.25) is 0 Å². The number of ether oxygens (including phenoxy) is 1. The van der Waals surface area contributed by atoms with Crippen molar-refractivity contribution in [3.8, 4) is 0 Å². The molecular weight excluding hydrogens is 400 g/mol. The molecule has 6 nitrogen and oxygen atoms in total. The molecule has 1 heterocycles. The number of rotatable bonds is 5. The summed E-state index contributed by atoms with van der Waals surface area (Å²) < 4.78 is 33.0. The number of nitrogens with one attached hydrogen (secondary N) is 1. The highest BCUT2D eigenvalue weighted by molar-refractivity contribution is 7.90. The van der Waals surface area contributed by atoms with Crippen LogP contribution in [-0.2, 0) is 21.2 Å². The van der Waals surface area contributed by atoms with Gasteiger partial charge in [0, 0.05) is 17.3 Å². The molecule has 7 heteroatoms. The molecule has 0 spiro atoms. The normalized spacial score (nSPS) is 11.7. The third kappa shape index (κ3) is 3.52. The second kappa shape index (κ2) is 7.84. The number of fused-ring (bicyclic) bond motifs is 3. The number of amides is 1. The Bertz CT molecular complexity index is 1340. The third-order valence-electron chi connectivity index (χ3n) is 5.12. The van der Waals surface area contributed by atoms with Gasteiger partial charge in [0.25, 0.3) is 10.0 Å². The van der Waals surface area contributed by atoms with E-state index in [0.717, 1.165) is 21.9 Å². The van der Waals surface area contributed by atoms with E-state index in [-0.39, 0.29) is 4.90 Å². The number of nitrogens with zero attached hydrogens (tertiary/aromatic N) is 1. The fraction of sp³-hybridized carbons (Fsp3) is 0.174. The largest absolute Gasteiger partial charge is 0.453 e. The molecule has 1 N–H and O–H groups in total. The Morgan fingerprint density at radius 1 is 0.967 bits per heavy atom. The standard InChI is InChI=1S/C23H22N2O4S/c1-16-7-10-18(11-8-16)30(27,28)25-21-6-4-3-5-19(21)20-15-17(9-12-22(20)25)13-14-24-23(26)29-2/h3-12,15H,13-14H2,1-2H3,(H,24,26). The minimum absolute atomic E-state index is 0.252. The molecule has 4 rings (SSSR count). The summed E-state index contributed by atoms with van der Waals surface area (Å²) >= 11 is 0. The van der Waals surface area contributed by atoms with Crippen molar-refractivity contribution in [3.05, 3.63) is 77.9 Å². The van der Waals surface area contributed by atoms with Gasteiger partial charge >= 0.3 is 6.09 Å². The van der Waals surface area contributed by atoms with Gasteiger partial charge in [-0.1, -0.05) is 42.0 Å². The van der Waals surface area contributed by atoms with Gasteiger partial charge in [-0.3, -0.25) is 0 Å². The molecule has 0 fully saturated rings. The molecule has 30 heavy (non-hydrogen) atoms. The molecule has 0 saturated carbocycles. The van der Waals surface area contributed by atoms with Gasteiger partial charge in [0.15, 0.2) is 0 Å². The lowest BCUT2D eigenvalue weighted by atomic mass is 10.1. The summed E-state index contributed by atoms with van der Waals surface area (Å²) in [5.41, 5.74) is 3.26. The molecule has 0 bridgehead atoms. The SMILES string of the molecule is COC(=O)NCCc1ccc2c(c1)c1ccccc1n2S(=O)(=O)c1ccc(C)cc1. The summed E-state index contributed by atoms with van der Waals surface area (Å²) in [6.45, 7) is 2.35. The fourth-order valence-electron chi connectivity index (χ4n) is 3.60. The number of alkyl carbamates (subject to hydrolysis) is 1. The van der Waals surface area contributed by atoms with E-state index in [1.807, 2.05) is 49.4 Å². The lowest BCUT2D eigenvalue weighted by molar-refractivity contribution is 0.171. The van der Waals surface area contributed by atoms with E-state index in [9.17, 15) is 13.2 Å². The minimum Gasteiger partial charge on any atom is -0.453 e. The van der Waals surface area contributed by atoms with Crippen molar-refractivity contribution in [2.45, 2.75) is 18.2 Å². The topological polar surface area (TPSA) is 77.4 Å². The van der Waals surface area contributed by atoms with Gasteiger partial charge < -0.3 is 10.1 Å². The molecule has 1 amide bonds. The maximum Gasteiger partial charge on any atom is 0.406 e. The van der Waals surface area contributed by atoms with E-state index in [2.05, 4.69) is 10.1 Å². The minimum atomic E-state index is -3.77. The highest BCUT2D eigenvalue weighted by Gasteiger charge is 2.23. The van der Waals surface area contributed by atoms with Crippen LogP contribution in [0.3, 0.4) is 0 Å². The van der Waals surface area contributed by atoms with Crippen LogP contribution in [0.1, 0.15) is 11.1 Å². The number of para-hydroxylation sites is 1. The summed E-state index contributed by atoms with van der Waals surface area (Å²) in [7, 11) is -2.44. The predicted octanol–water partition coefficient (Wildman–Crippen LogP) is 4.24. The second-order valence-electron chi connectivity index (χ2n) is 7.12. The van der Waals surface area contributed by atoms with E-state index in [1.165, 1.54) is 11.1 Å². The lowest BCUT2D eigenvalue weighted by Gasteiger charge is -2.10. The summed E-state index contributed by atoms with van der Waals surface area (Å²) in [5, 5.41) is 4.38. The molecule has 0 aliphatic heterocycles. The quantitative estimate of drug-likeness (QED) is 0.522. The summed E-state index contributed by atoms with van der Waals surface area (Å²) in [6.07, 6.45) is 0.131. The number of hydrogen-bond donors (Lipinski definition) is 1. The van der Waals surface area contributed by atoms with Gasteiger partial charge in [-0.2, -0.15) is 0 Å². The Labute approximate surface area is 175 Å². The molecule has 0 atom stereocenters. The van der Waals surface area contributed by atoms with Gasteiger partial charge in [-0.05, 0) is 49.2 Å². The molecule has 154 valence electrons. The van der Waals surface area contributed by atoms with Crippen LogP contribution in [0.2, 0.25) is 0 Å². The molecule has 1 aromatic heterocycles. The first-order chi connectivity index (χ1) is 14.4. The maximum atomic E-state index is 13.5. The third-order valence-corrected chi connectivity index (χ3v) is 6.86. The molecular formula is C23H22N2O4S. The van der Waals surface area contributed by atoms with Crippen LogP contribution < -0.4 is 5.32 Å². The zero-order valence-electron chi connectivity index (χ0n) is 16.8. The van der Waals surface area contributed by atoms with Crippen LogP contribution in [0.15, 0.2) is 71.6 Å². The van der Waals surface area contributed by atoms with Crippen LogP contribution in [0, 0.1) is 6.92 Å². The van der Waals surface area contributed by atoms with Crippen LogP contribution in [0.25, 0.3) is 21.8 Å². The van der Waals surface area contributed by atoms with Crippen molar-refractivity contribution in [2.24, 2.45) is 0 Å². The zero-order chi connectivity index (χ0) is 21.3. The molecule has 0 aliphatic carbocycles. The first-order valence-electron chi connectivity index (χ1n) is 9.58. The van der Waals surface area contributed by atoms with Crippen molar-refractivity contribution >= 4 is 37.9 Å². The van der Waals surface area contributed by atoms with Crippen molar-refractivity contribution < 1.29 is 17.9 Å². The van der Waals surface area contributed by atoms with Crippen molar-refractivity contribution in [1.82, 2.24) is 9.29 Å². The van der Waals surface area contributed by atoms with Crippen LogP contribution >= 0.6 is 0 Å². The summed E-state index contributed by atoms with van der Waals surface area (Å²) in [5.74, 6) is 0. The Morgan fingerprint density at radius 2 is 1.67 bits per heavy atom. The highest BCUT2D eigenvalue weighted by atomic mass is 32.2. The number of methoxy groups -OCH3 is 1. The van der Waals surface area contributed by atoms with Gasteiger partial charge in [-0.25, -0.2) is 17.2 Å². The van der Waals surface area contributed by atoms with E-state index in [0.29, 0.717) is 24.0 Å². The first-order valence-corrected chi connectivity index (χ1v) is 11.0. The monoisotopic (exact) mass is 422 g/mol. The fourth-order valence-corrected chi connectivity index (χ4v) is 5.12. The van der Waals surface area contributed by atoms with Gasteiger partial charge in [0.1, 0.15) is 0 Å². The van der Waals surface area contributed by atoms with E-state index >= 15 is 0 Å². The number of aryl methyl sites for hydroxylation is 1. The van der Waals surface area contributed by atoms with E-state index in [1.54, 1.807) is 24.3 Å². The molecule has 0 unspecified atom stereocenters.